The van der Waals surface area contributed by atoms with Crippen LogP contribution in [0.2, 0.25) is 5.02 Å². The quantitative estimate of drug-likeness (QED) is 0.399. The van der Waals surface area contributed by atoms with Gasteiger partial charge in [-0.1, -0.05) is 53.7 Å². The van der Waals surface area contributed by atoms with Gasteiger partial charge in [0.2, 0.25) is 0 Å². The van der Waals surface area contributed by atoms with E-state index in [-0.39, 0.29) is 11.8 Å². The van der Waals surface area contributed by atoms with Crippen LogP contribution in [0, 0.1) is 13.8 Å². The number of amides is 2. The molecule has 1 aliphatic rings. The van der Waals surface area contributed by atoms with E-state index in [9.17, 15) is 9.59 Å². The lowest BCUT2D eigenvalue weighted by Crippen LogP contribution is -2.35. The molecule has 0 bridgehead atoms. The third-order valence-electron chi connectivity index (χ3n) is 5.31. The number of carbonyl (C=O) groups excluding carboxylic acids is 2. The van der Waals surface area contributed by atoms with Crippen molar-refractivity contribution in [3.63, 3.8) is 0 Å². The lowest BCUT2D eigenvalue weighted by atomic mass is 10.1. The first-order valence-corrected chi connectivity index (χ1v) is 11.6. The van der Waals surface area contributed by atoms with Gasteiger partial charge in [-0.25, -0.2) is 4.90 Å². The van der Waals surface area contributed by atoms with Crippen LogP contribution in [-0.4, -0.2) is 18.4 Å². The summed E-state index contributed by atoms with van der Waals surface area (Å²) in [6, 6.07) is 22.7. The zero-order valence-electron chi connectivity index (χ0n) is 18.1. The number of carbonyl (C=O) groups is 2. The first kappa shape index (κ1) is 22.2. The van der Waals surface area contributed by atoms with Crippen molar-refractivity contribution < 1.29 is 9.59 Å². The molecule has 162 valence electrons. The zero-order valence-corrected chi connectivity index (χ0v) is 19.7. The lowest BCUT2D eigenvalue weighted by molar-refractivity contribution is -0.120. The van der Waals surface area contributed by atoms with Crippen molar-refractivity contribution in [1.82, 2.24) is 0 Å². The number of para-hydroxylation sites is 1. The Labute approximate surface area is 197 Å². The molecule has 3 aromatic carbocycles. The van der Waals surface area contributed by atoms with Crippen LogP contribution >= 0.6 is 23.4 Å². The monoisotopic (exact) mass is 462 g/mol. The third-order valence-corrected chi connectivity index (χ3v) is 6.64. The van der Waals surface area contributed by atoms with Gasteiger partial charge in [-0.2, -0.15) is 0 Å². The van der Waals surface area contributed by atoms with E-state index in [0.717, 1.165) is 21.7 Å². The number of rotatable bonds is 6. The van der Waals surface area contributed by atoms with Crippen LogP contribution in [0.1, 0.15) is 18.1 Å². The summed E-state index contributed by atoms with van der Waals surface area (Å²) in [6.45, 7) is 6.38. The van der Waals surface area contributed by atoms with E-state index in [2.05, 4.69) is 0 Å². The maximum absolute atomic E-state index is 13.8. The van der Waals surface area contributed by atoms with Crippen LogP contribution in [0.15, 0.2) is 88.3 Å². The van der Waals surface area contributed by atoms with E-state index in [4.69, 9.17) is 11.6 Å². The molecule has 3 aromatic rings. The van der Waals surface area contributed by atoms with E-state index in [0.29, 0.717) is 27.9 Å². The van der Waals surface area contributed by atoms with E-state index >= 15 is 0 Å². The number of hydrogen-bond donors (Lipinski definition) is 0. The molecule has 0 atom stereocenters. The van der Waals surface area contributed by atoms with Crippen molar-refractivity contribution in [2.45, 2.75) is 25.7 Å². The van der Waals surface area contributed by atoms with Gasteiger partial charge >= 0.3 is 0 Å². The van der Waals surface area contributed by atoms with Crippen LogP contribution < -0.4 is 9.80 Å². The predicted octanol–water partition coefficient (Wildman–Crippen LogP) is 6.36. The molecule has 0 radical (unpaired) electrons. The number of benzene rings is 3. The van der Waals surface area contributed by atoms with Gasteiger partial charge in [-0.05, 0) is 74.4 Å². The number of nitrogens with zero attached hydrogens (tertiary/aromatic N) is 2. The normalized spacial score (nSPS) is 13.8. The van der Waals surface area contributed by atoms with Crippen LogP contribution in [0.25, 0.3) is 0 Å². The Morgan fingerprint density at radius 3 is 2.25 bits per heavy atom. The Balaban J connectivity index is 1.85. The molecule has 0 saturated carbocycles. The standard InChI is InChI=1S/C26H23ClN2O2S/c1-4-28(20-8-6-5-7-9-20)23-24(32-21-14-12-19(27)13-15-21)26(31)29(25(23)30)22-16-17(2)10-11-18(22)3/h5-16H,4H2,1-3H3. The molecule has 6 heteroatoms. The summed E-state index contributed by atoms with van der Waals surface area (Å²) in [5.41, 5.74) is 3.74. The third kappa shape index (κ3) is 4.18. The summed E-state index contributed by atoms with van der Waals surface area (Å²) in [5, 5.41) is 0.619. The first-order valence-electron chi connectivity index (χ1n) is 10.4. The highest BCUT2D eigenvalue weighted by atomic mass is 35.5. The molecule has 4 rings (SSSR count). The summed E-state index contributed by atoms with van der Waals surface area (Å²) in [6.07, 6.45) is 0. The summed E-state index contributed by atoms with van der Waals surface area (Å²) in [4.78, 5) is 31.9. The minimum absolute atomic E-state index is 0.312. The number of aryl methyl sites for hydroxylation is 2. The molecule has 0 unspecified atom stereocenters. The van der Waals surface area contributed by atoms with Gasteiger partial charge in [0, 0.05) is 22.2 Å². The number of thioether (sulfide) groups is 1. The van der Waals surface area contributed by atoms with Crippen LogP contribution in [0.5, 0.6) is 0 Å². The van der Waals surface area contributed by atoms with E-state index < -0.39 is 0 Å². The predicted molar refractivity (Wildman–Crippen MR) is 132 cm³/mol. The van der Waals surface area contributed by atoms with Crippen LogP contribution in [-0.2, 0) is 9.59 Å². The lowest BCUT2D eigenvalue weighted by Gasteiger charge is -2.25. The molecule has 32 heavy (non-hydrogen) atoms. The number of likely N-dealkylation sites (N-methyl/N-ethyl adjacent to an activating group) is 1. The average molecular weight is 463 g/mol. The fourth-order valence-corrected chi connectivity index (χ4v) is 4.81. The summed E-state index contributed by atoms with van der Waals surface area (Å²) in [7, 11) is 0. The highest BCUT2D eigenvalue weighted by Crippen LogP contribution is 2.41. The number of anilines is 2. The molecule has 0 aliphatic carbocycles. The zero-order chi connectivity index (χ0) is 22.8. The second kappa shape index (κ2) is 9.23. The van der Waals surface area contributed by atoms with Gasteiger partial charge in [-0.3, -0.25) is 9.59 Å². The average Bonchev–Trinajstić information content (AvgIpc) is 3.03. The van der Waals surface area contributed by atoms with Gasteiger partial charge in [0.25, 0.3) is 11.8 Å². The minimum Gasteiger partial charge on any atom is -0.336 e. The molecule has 0 fully saturated rings. The molecular weight excluding hydrogens is 440 g/mol. The Bertz CT molecular complexity index is 1210. The minimum atomic E-state index is -0.314. The van der Waals surface area contributed by atoms with Crippen molar-refractivity contribution >= 4 is 46.6 Å². The molecule has 1 aliphatic heterocycles. The maximum atomic E-state index is 13.8. The van der Waals surface area contributed by atoms with Gasteiger partial charge < -0.3 is 4.90 Å². The Morgan fingerprint density at radius 1 is 0.906 bits per heavy atom. The molecular formula is C26H23ClN2O2S. The van der Waals surface area contributed by atoms with Crippen molar-refractivity contribution in [3.8, 4) is 0 Å². The highest BCUT2D eigenvalue weighted by molar-refractivity contribution is 8.04. The fourth-order valence-electron chi connectivity index (χ4n) is 3.71. The molecule has 0 saturated heterocycles. The van der Waals surface area contributed by atoms with E-state index in [1.807, 2.05) is 86.3 Å². The van der Waals surface area contributed by atoms with Gasteiger partial charge in [0.05, 0.1) is 5.69 Å². The van der Waals surface area contributed by atoms with Crippen LogP contribution in [0.3, 0.4) is 0 Å². The number of hydrogen-bond acceptors (Lipinski definition) is 4. The molecule has 0 spiro atoms. The summed E-state index contributed by atoms with van der Waals surface area (Å²) < 4.78 is 0. The number of imide groups is 1. The van der Waals surface area contributed by atoms with E-state index in [1.165, 1.54) is 16.7 Å². The first-order chi connectivity index (χ1) is 15.4. The second-order valence-electron chi connectivity index (χ2n) is 7.55. The molecule has 1 heterocycles. The van der Waals surface area contributed by atoms with Gasteiger partial charge in [-0.15, -0.1) is 0 Å². The fraction of sp³-hybridized carbons (Fsp3) is 0.154. The smallest absolute Gasteiger partial charge is 0.283 e. The van der Waals surface area contributed by atoms with Crippen LogP contribution in [0.4, 0.5) is 11.4 Å². The Morgan fingerprint density at radius 2 is 1.59 bits per heavy atom. The largest absolute Gasteiger partial charge is 0.336 e. The van der Waals surface area contributed by atoms with Crippen molar-refractivity contribution in [3.05, 3.63) is 99.5 Å². The van der Waals surface area contributed by atoms with Gasteiger partial charge in [0.15, 0.2) is 0 Å². The topological polar surface area (TPSA) is 40.6 Å². The van der Waals surface area contributed by atoms with Crippen molar-refractivity contribution in [1.29, 1.82) is 0 Å². The SMILES string of the molecule is CCN(C1=C(Sc2ccc(Cl)cc2)C(=O)N(c2cc(C)ccc2C)C1=O)c1ccccc1. The van der Waals surface area contributed by atoms with E-state index in [1.54, 1.807) is 12.1 Å². The summed E-state index contributed by atoms with van der Waals surface area (Å²) in [5.74, 6) is -0.626. The Kier molecular flexibility index (Phi) is 6.40. The molecule has 4 nitrogen and oxygen atoms in total. The van der Waals surface area contributed by atoms with Crippen molar-refractivity contribution in [2.75, 3.05) is 16.3 Å². The summed E-state index contributed by atoms with van der Waals surface area (Å²) >= 11 is 7.33. The molecule has 0 aromatic heterocycles. The highest BCUT2D eigenvalue weighted by Gasteiger charge is 2.43. The second-order valence-corrected chi connectivity index (χ2v) is 9.07. The molecule has 0 N–H and O–H groups in total. The van der Waals surface area contributed by atoms with Crippen molar-refractivity contribution in [2.24, 2.45) is 0 Å². The maximum Gasteiger partial charge on any atom is 0.283 e. The number of halogens is 1. The Hall–Kier alpha value is -3.02. The molecule has 2 amide bonds. The van der Waals surface area contributed by atoms with Gasteiger partial charge in [0.1, 0.15) is 10.6 Å².